The Labute approximate surface area is 102 Å². The first-order valence-electron chi connectivity index (χ1n) is 5.87. The smallest absolute Gasteiger partial charge is 0.240 e. The fourth-order valence-corrected chi connectivity index (χ4v) is 1.55. The standard InChI is InChI=1S/C13H20N2O2/c1-4-15(13(17)9-14-10(2)3)11-6-5-7-12(16)8-11/h5-8,10,14,16H,4,9H2,1-3H3. The van der Waals surface area contributed by atoms with Gasteiger partial charge in [-0.1, -0.05) is 19.9 Å². The van der Waals surface area contributed by atoms with E-state index in [1.807, 2.05) is 26.8 Å². The van der Waals surface area contributed by atoms with Crippen molar-refractivity contribution in [3.63, 3.8) is 0 Å². The molecule has 0 bridgehead atoms. The van der Waals surface area contributed by atoms with Crippen LogP contribution in [0.15, 0.2) is 24.3 Å². The lowest BCUT2D eigenvalue weighted by atomic mass is 10.2. The highest BCUT2D eigenvalue weighted by atomic mass is 16.3. The van der Waals surface area contributed by atoms with E-state index in [0.717, 1.165) is 5.69 Å². The van der Waals surface area contributed by atoms with Gasteiger partial charge in [0.15, 0.2) is 0 Å². The molecule has 94 valence electrons. The highest BCUT2D eigenvalue weighted by Gasteiger charge is 2.13. The van der Waals surface area contributed by atoms with E-state index in [1.165, 1.54) is 0 Å². The Morgan fingerprint density at radius 1 is 1.47 bits per heavy atom. The second kappa shape index (κ2) is 6.25. The number of nitrogens with zero attached hydrogens (tertiary/aromatic N) is 1. The first-order valence-corrected chi connectivity index (χ1v) is 5.87. The third-order valence-corrected chi connectivity index (χ3v) is 2.42. The van der Waals surface area contributed by atoms with Crippen molar-refractivity contribution in [2.24, 2.45) is 0 Å². The van der Waals surface area contributed by atoms with Crippen LogP contribution in [-0.2, 0) is 4.79 Å². The van der Waals surface area contributed by atoms with Gasteiger partial charge >= 0.3 is 0 Å². The van der Waals surface area contributed by atoms with Crippen LogP contribution in [0.2, 0.25) is 0 Å². The van der Waals surface area contributed by atoms with Crippen LogP contribution in [0.1, 0.15) is 20.8 Å². The lowest BCUT2D eigenvalue weighted by Crippen LogP contribution is -2.40. The summed E-state index contributed by atoms with van der Waals surface area (Å²) >= 11 is 0. The van der Waals surface area contributed by atoms with Crippen LogP contribution in [0.25, 0.3) is 0 Å². The Hall–Kier alpha value is -1.55. The predicted octanol–water partition coefficient (Wildman–Crippen LogP) is 1.74. The van der Waals surface area contributed by atoms with E-state index >= 15 is 0 Å². The van der Waals surface area contributed by atoms with Crippen LogP contribution >= 0.6 is 0 Å². The Morgan fingerprint density at radius 2 is 2.18 bits per heavy atom. The van der Waals surface area contributed by atoms with Gasteiger partial charge in [-0.2, -0.15) is 0 Å². The minimum absolute atomic E-state index is 0.00630. The van der Waals surface area contributed by atoms with Crippen molar-refractivity contribution >= 4 is 11.6 Å². The normalized spacial score (nSPS) is 10.6. The molecule has 0 unspecified atom stereocenters. The van der Waals surface area contributed by atoms with E-state index in [4.69, 9.17) is 0 Å². The predicted molar refractivity (Wildman–Crippen MR) is 69.3 cm³/mol. The summed E-state index contributed by atoms with van der Waals surface area (Å²) in [6.07, 6.45) is 0. The maximum Gasteiger partial charge on any atom is 0.240 e. The molecular formula is C13H20N2O2. The molecule has 0 aliphatic carbocycles. The summed E-state index contributed by atoms with van der Waals surface area (Å²) < 4.78 is 0. The Morgan fingerprint density at radius 3 is 2.71 bits per heavy atom. The second-order valence-corrected chi connectivity index (χ2v) is 4.19. The van der Waals surface area contributed by atoms with Gasteiger partial charge in [-0.25, -0.2) is 0 Å². The molecule has 0 saturated heterocycles. The number of benzene rings is 1. The Kier molecular flexibility index (Phi) is 4.97. The van der Waals surface area contributed by atoms with Crippen molar-refractivity contribution in [3.8, 4) is 5.75 Å². The lowest BCUT2D eigenvalue weighted by molar-refractivity contribution is -0.117. The number of likely N-dealkylation sites (N-methyl/N-ethyl adjacent to an activating group) is 1. The fourth-order valence-electron chi connectivity index (χ4n) is 1.55. The van der Waals surface area contributed by atoms with Crippen LogP contribution in [0.3, 0.4) is 0 Å². The topological polar surface area (TPSA) is 52.6 Å². The van der Waals surface area contributed by atoms with Crippen LogP contribution in [0.5, 0.6) is 5.75 Å². The summed E-state index contributed by atoms with van der Waals surface area (Å²) in [5, 5.41) is 12.5. The molecule has 0 aromatic heterocycles. The van der Waals surface area contributed by atoms with Gasteiger partial charge in [0.25, 0.3) is 0 Å². The summed E-state index contributed by atoms with van der Waals surface area (Å²) in [6, 6.07) is 7.01. The zero-order chi connectivity index (χ0) is 12.8. The molecule has 0 fully saturated rings. The van der Waals surface area contributed by atoms with E-state index in [9.17, 15) is 9.90 Å². The molecule has 1 aromatic carbocycles. The van der Waals surface area contributed by atoms with E-state index in [-0.39, 0.29) is 17.7 Å². The minimum Gasteiger partial charge on any atom is -0.508 e. The van der Waals surface area contributed by atoms with Gasteiger partial charge in [0, 0.05) is 24.3 Å². The van der Waals surface area contributed by atoms with E-state index in [1.54, 1.807) is 23.1 Å². The van der Waals surface area contributed by atoms with Crippen molar-refractivity contribution in [1.29, 1.82) is 0 Å². The molecule has 1 aromatic rings. The fraction of sp³-hybridized carbons (Fsp3) is 0.462. The van der Waals surface area contributed by atoms with Gasteiger partial charge in [0.05, 0.1) is 6.54 Å². The maximum absolute atomic E-state index is 12.0. The zero-order valence-corrected chi connectivity index (χ0v) is 10.6. The van der Waals surface area contributed by atoms with Gasteiger partial charge in [-0.05, 0) is 19.1 Å². The molecular weight excluding hydrogens is 216 g/mol. The summed E-state index contributed by atoms with van der Waals surface area (Å²) in [5.74, 6) is 0.178. The number of anilines is 1. The largest absolute Gasteiger partial charge is 0.508 e. The van der Waals surface area contributed by atoms with Crippen molar-refractivity contribution in [2.45, 2.75) is 26.8 Å². The van der Waals surface area contributed by atoms with Crippen LogP contribution in [0, 0.1) is 0 Å². The molecule has 0 aliphatic rings. The minimum atomic E-state index is 0.00630. The number of hydrogen-bond donors (Lipinski definition) is 2. The van der Waals surface area contributed by atoms with Crippen LogP contribution in [-0.4, -0.2) is 30.1 Å². The number of rotatable bonds is 5. The molecule has 0 saturated carbocycles. The molecule has 0 aliphatic heterocycles. The average molecular weight is 236 g/mol. The molecule has 2 N–H and O–H groups in total. The lowest BCUT2D eigenvalue weighted by Gasteiger charge is -2.22. The van der Waals surface area contributed by atoms with E-state index in [0.29, 0.717) is 13.1 Å². The molecule has 1 rings (SSSR count). The van der Waals surface area contributed by atoms with Crippen molar-refractivity contribution in [2.75, 3.05) is 18.0 Å². The average Bonchev–Trinajstić information content (AvgIpc) is 2.27. The molecule has 0 spiro atoms. The zero-order valence-electron chi connectivity index (χ0n) is 10.6. The third kappa shape index (κ3) is 4.07. The third-order valence-electron chi connectivity index (χ3n) is 2.42. The number of carbonyl (C=O) groups excluding carboxylic acids is 1. The monoisotopic (exact) mass is 236 g/mol. The number of phenolic OH excluding ortho intramolecular Hbond substituents is 1. The molecule has 0 radical (unpaired) electrons. The molecule has 4 heteroatoms. The molecule has 0 heterocycles. The highest BCUT2D eigenvalue weighted by Crippen LogP contribution is 2.19. The van der Waals surface area contributed by atoms with Gasteiger partial charge in [-0.3, -0.25) is 4.79 Å². The van der Waals surface area contributed by atoms with Gasteiger partial charge < -0.3 is 15.3 Å². The number of nitrogens with one attached hydrogen (secondary N) is 1. The summed E-state index contributed by atoms with van der Waals surface area (Å²) in [6.45, 7) is 6.80. The van der Waals surface area contributed by atoms with E-state index in [2.05, 4.69) is 5.32 Å². The van der Waals surface area contributed by atoms with Crippen molar-refractivity contribution in [1.82, 2.24) is 5.32 Å². The number of phenols is 1. The molecule has 0 atom stereocenters. The molecule has 17 heavy (non-hydrogen) atoms. The number of amides is 1. The van der Waals surface area contributed by atoms with Crippen LogP contribution in [0.4, 0.5) is 5.69 Å². The van der Waals surface area contributed by atoms with Crippen molar-refractivity contribution < 1.29 is 9.90 Å². The van der Waals surface area contributed by atoms with Gasteiger partial charge in [-0.15, -0.1) is 0 Å². The van der Waals surface area contributed by atoms with Gasteiger partial charge in [0.2, 0.25) is 5.91 Å². The molecule has 1 amide bonds. The number of aromatic hydroxyl groups is 1. The van der Waals surface area contributed by atoms with Crippen molar-refractivity contribution in [3.05, 3.63) is 24.3 Å². The maximum atomic E-state index is 12.0. The summed E-state index contributed by atoms with van der Waals surface area (Å²) in [4.78, 5) is 13.6. The quantitative estimate of drug-likeness (QED) is 0.819. The SMILES string of the molecule is CCN(C(=O)CNC(C)C)c1cccc(O)c1. The number of carbonyl (C=O) groups is 1. The second-order valence-electron chi connectivity index (χ2n) is 4.19. The Balaban J connectivity index is 2.74. The summed E-state index contributed by atoms with van der Waals surface area (Å²) in [5.41, 5.74) is 0.725. The highest BCUT2D eigenvalue weighted by molar-refractivity contribution is 5.94. The first-order chi connectivity index (χ1) is 8.04. The molecule has 4 nitrogen and oxygen atoms in total. The first kappa shape index (κ1) is 13.5. The van der Waals surface area contributed by atoms with Crippen LogP contribution < -0.4 is 10.2 Å². The van der Waals surface area contributed by atoms with Gasteiger partial charge in [0.1, 0.15) is 5.75 Å². The summed E-state index contributed by atoms with van der Waals surface area (Å²) in [7, 11) is 0. The van der Waals surface area contributed by atoms with E-state index < -0.39 is 0 Å². The number of hydrogen-bond acceptors (Lipinski definition) is 3. The Bertz CT molecular complexity index is 377.